The molecule has 2 aromatic carbocycles. The average Bonchev–Trinajstić information content (AvgIpc) is 3.38. The molecule has 0 N–H and O–H groups in total. The van der Waals surface area contributed by atoms with Gasteiger partial charge in [-0.15, -0.1) is 10.2 Å². The Bertz CT molecular complexity index is 1170. The molecular formula is C22H19FN2O5. The maximum Gasteiger partial charge on any atom is 0.375 e. The first-order chi connectivity index (χ1) is 14.6. The standard InChI is InChI=1S/C22H19FN2O5/c1-3-27-12-17-16-6-4-5-7-18(16)29-19(17)22(26)28-13(2)20-24-25-21(30-20)14-8-10-15(23)11-9-14/h4-11,13H,3,12H2,1-2H3/t13-/m0/s1. The smallest absolute Gasteiger partial charge is 0.375 e. The zero-order chi connectivity index (χ0) is 21.1. The molecule has 4 aromatic rings. The fraction of sp³-hybridized carbons (Fsp3) is 0.227. The third kappa shape index (κ3) is 3.95. The summed E-state index contributed by atoms with van der Waals surface area (Å²) in [6.45, 7) is 4.21. The van der Waals surface area contributed by atoms with Crippen LogP contribution in [0.5, 0.6) is 0 Å². The number of nitrogens with zero attached hydrogens (tertiary/aromatic N) is 2. The molecule has 2 heterocycles. The maximum absolute atomic E-state index is 13.1. The van der Waals surface area contributed by atoms with Gasteiger partial charge in [-0.2, -0.15) is 0 Å². The van der Waals surface area contributed by atoms with Crippen LogP contribution < -0.4 is 0 Å². The summed E-state index contributed by atoms with van der Waals surface area (Å²) in [6.07, 6.45) is -0.813. The minimum absolute atomic E-state index is 0.0785. The van der Waals surface area contributed by atoms with Crippen molar-refractivity contribution >= 4 is 16.9 Å². The second-order valence-corrected chi connectivity index (χ2v) is 6.54. The number of ether oxygens (including phenoxy) is 2. The van der Waals surface area contributed by atoms with E-state index in [1.807, 2.05) is 25.1 Å². The lowest BCUT2D eigenvalue weighted by Crippen LogP contribution is -2.11. The number of furan rings is 1. The van der Waals surface area contributed by atoms with Crippen LogP contribution >= 0.6 is 0 Å². The van der Waals surface area contributed by atoms with E-state index in [2.05, 4.69) is 10.2 Å². The summed E-state index contributed by atoms with van der Waals surface area (Å²) in [5.74, 6) is -0.627. The van der Waals surface area contributed by atoms with Gasteiger partial charge in [0.2, 0.25) is 11.7 Å². The van der Waals surface area contributed by atoms with Crippen molar-refractivity contribution in [3.63, 3.8) is 0 Å². The predicted molar refractivity (Wildman–Crippen MR) is 105 cm³/mol. The summed E-state index contributed by atoms with van der Waals surface area (Å²) in [7, 11) is 0. The Morgan fingerprint density at radius 2 is 1.87 bits per heavy atom. The van der Waals surface area contributed by atoms with Gasteiger partial charge in [-0.25, -0.2) is 9.18 Å². The summed E-state index contributed by atoms with van der Waals surface area (Å²) in [5, 5.41) is 8.66. The lowest BCUT2D eigenvalue weighted by Gasteiger charge is -2.09. The number of rotatable bonds is 7. The van der Waals surface area contributed by atoms with E-state index in [0.29, 0.717) is 23.3 Å². The molecule has 0 aliphatic carbocycles. The van der Waals surface area contributed by atoms with E-state index >= 15 is 0 Å². The number of halogens is 1. The van der Waals surface area contributed by atoms with Gasteiger partial charge >= 0.3 is 5.97 Å². The van der Waals surface area contributed by atoms with E-state index in [-0.39, 0.29) is 30.0 Å². The first kappa shape index (κ1) is 19.8. The zero-order valence-corrected chi connectivity index (χ0v) is 16.4. The molecule has 7 nitrogen and oxygen atoms in total. The molecule has 0 spiro atoms. The number of hydrogen-bond donors (Lipinski definition) is 0. The highest BCUT2D eigenvalue weighted by Gasteiger charge is 2.26. The van der Waals surface area contributed by atoms with Crippen molar-refractivity contribution < 1.29 is 27.5 Å². The number of benzene rings is 2. The van der Waals surface area contributed by atoms with Crippen LogP contribution in [-0.2, 0) is 16.1 Å². The molecule has 1 atom stereocenters. The van der Waals surface area contributed by atoms with Crippen molar-refractivity contribution in [3.05, 3.63) is 71.6 Å². The predicted octanol–water partition coefficient (Wildman–Crippen LogP) is 5.08. The lowest BCUT2D eigenvalue weighted by atomic mass is 10.1. The molecule has 2 aromatic heterocycles. The monoisotopic (exact) mass is 410 g/mol. The molecule has 8 heteroatoms. The SMILES string of the molecule is CCOCc1c(C(=O)O[C@@H](C)c2nnc(-c3ccc(F)cc3)o2)oc2ccccc12. The molecule has 0 radical (unpaired) electrons. The Hall–Kier alpha value is -3.52. The number of fused-ring (bicyclic) bond motifs is 1. The van der Waals surface area contributed by atoms with Crippen molar-refractivity contribution in [3.8, 4) is 11.5 Å². The van der Waals surface area contributed by atoms with Crippen molar-refractivity contribution in [1.29, 1.82) is 0 Å². The number of carbonyl (C=O) groups excluding carboxylic acids is 1. The third-order valence-electron chi connectivity index (χ3n) is 4.50. The quantitative estimate of drug-likeness (QED) is 0.393. The van der Waals surface area contributed by atoms with Crippen LogP contribution in [0, 0.1) is 5.82 Å². The van der Waals surface area contributed by atoms with Gasteiger partial charge in [0.25, 0.3) is 5.89 Å². The van der Waals surface area contributed by atoms with Gasteiger partial charge < -0.3 is 18.3 Å². The average molecular weight is 410 g/mol. The molecule has 0 unspecified atom stereocenters. The van der Waals surface area contributed by atoms with Crippen LogP contribution in [-0.4, -0.2) is 22.8 Å². The topological polar surface area (TPSA) is 87.6 Å². The van der Waals surface area contributed by atoms with Crippen LogP contribution in [0.25, 0.3) is 22.4 Å². The van der Waals surface area contributed by atoms with Crippen LogP contribution in [0.1, 0.15) is 42.0 Å². The third-order valence-corrected chi connectivity index (χ3v) is 4.50. The fourth-order valence-electron chi connectivity index (χ4n) is 2.98. The number of hydrogen-bond acceptors (Lipinski definition) is 7. The number of carbonyl (C=O) groups is 1. The molecule has 0 bridgehead atoms. The molecular weight excluding hydrogens is 391 g/mol. The Morgan fingerprint density at radius 1 is 1.10 bits per heavy atom. The number of para-hydroxylation sites is 1. The molecule has 0 aliphatic rings. The van der Waals surface area contributed by atoms with E-state index in [1.165, 1.54) is 24.3 Å². The fourth-order valence-corrected chi connectivity index (χ4v) is 2.98. The Morgan fingerprint density at radius 3 is 2.63 bits per heavy atom. The van der Waals surface area contributed by atoms with Gasteiger partial charge in [-0.3, -0.25) is 0 Å². The van der Waals surface area contributed by atoms with Gasteiger partial charge in [0.15, 0.2) is 6.10 Å². The number of aromatic nitrogens is 2. The van der Waals surface area contributed by atoms with E-state index in [1.54, 1.807) is 13.0 Å². The first-order valence-electron chi connectivity index (χ1n) is 9.45. The molecule has 154 valence electrons. The number of esters is 1. The molecule has 30 heavy (non-hydrogen) atoms. The Balaban J connectivity index is 1.55. The Labute approximate surface area is 171 Å². The maximum atomic E-state index is 13.1. The summed E-state index contributed by atoms with van der Waals surface area (Å²) in [6, 6.07) is 13.0. The van der Waals surface area contributed by atoms with E-state index < -0.39 is 12.1 Å². The van der Waals surface area contributed by atoms with Gasteiger partial charge in [-0.05, 0) is 44.2 Å². The zero-order valence-electron chi connectivity index (χ0n) is 16.4. The van der Waals surface area contributed by atoms with E-state index in [0.717, 1.165) is 5.39 Å². The van der Waals surface area contributed by atoms with E-state index in [4.69, 9.17) is 18.3 Å². The van der Waals surface area contributed by atoms with Gasteiger partial charge in [-0.1, -0.05) is 18.2 Å². The van der Waals surface area contributed by atoms with Crippen molar-refractivity contribution in [2.45, 2.75) is 26.6 Å². The summed E-state index contributed by atoms with van der Waals surface area (Å²) in [4.78, 5) is 12.8. The van der Waals surface area contributed by atoms with E-state index in [9.17, 15) is 9.18 Å². The molecule has 0 amide bonds. The highest BCUT2D eigenvalue weighted by molar-refractivity contribution is 5.96. The molecule has 0 aliphatic heterocycles. The highest BCUT2D eigenvalue weighted by atomic mass is 19.1. The second-order valence-electron chi connectivity index (χ2n) is 6.54. The second kappa shape index (κ2) is 8.46. The van der Waals surface area contributed by atoms with Gasteiger partial charge in [0.05, 0.1) is 6.61 Å². The van der Waals surface area contributed by atoms with Gasteiger partial charge in [0, 0.05) is 23.1 Å². The van der Waals surface area contributed by atoms with Crippen LogP contribution in [0.2, 0.25) is 0 Å². The first-order valence-corrected chi connectivity index (χ1v) is 9.45. The molecule has 0 saturated carbocycles. The highest BCUT2D eigenvalue weighted by Crippen LogP contribution is 2.29. The van der Waals surface area contributed by atoms with Crippen LogP contribution in [0.15, 0.2) is 57.4 Å². The van der Waals surface area contributed by atoms with Crippen LogP contribution in [0.3, 0.4) is 0 Å². The molecule has 4 rings (SSSR count). The largest absolute Gasteiger partial charge is 0.449 e. The minimum atomic E-state index is -0.813. The lowest BCUT2D eigenvalue weighted by molar-refractivity contribution is 0.0240. The van der Waals surface area contributed by atoms with Crippen molar-refractivity contribution in [1.82, 2.24) is 10.2 Å². The normalized spacial score (nSPS) is 12.2. The summed E-state index contributed by atoms with van der Waals surface area (Å²) in [5.41, 5.74) is 1.76. The van der Waals surface area contributed by atoms with Crippen molar-refractivity contribution in [2.24, 2.45) is 0 Å². The summed E-state index contributed by atoms with van der Waals surface area (Å²) >= 11 is 0. The molecule has 0 fully saturated rings. The van der Waals surface area contributed by atoms with Crippen molar-refractivity contribution in [2.75, 3.05) is 6.61 Å². The van der Waals surface area contributed by atoms with Gasteiger partial charge in [0.1, 0.15) is 11.4 Å². The minimum Gasteiger partial charge on any atom is -0.449 e. The summed E-state index contributed by atoms with van der Waals surface area (Å²) < 4.78 is 35.4. The Kier molecular flexibility index (Phi) is 5.58. The van der Waals surface area contributed by atoms with Crippen LogP contribution in [0.4, 0.5) is 4.39 Å². The molecule has 0 saturated heterocycles.